The molecule has 0 aliphatic heterocycles. The molecule has 15 heavy (non-hydrogen) atoms. The molecular formula is C6H3F3N4O2. The molecule has 0 unspecified atom stereocenters. The Hall–Kier alpha value is -2.06. The van der Waals surface area contributed by atoms with Crippen LogP contribution in [0.3, 0.4) is 0 Å². The number of imidazole rings is 1. The average molecular weight is 220 g/mol. The summed E-state index contributed by atoms with van der Waals surface area (Å²) in [5, 5.41) is 0. The van der Waals surface area contributed by atoms with Crippen molar-refractivity contribution in [1.82, 2.24) is 19.9 Å². The monoisotopic (exact) mass is 220 g/mol. The van der Waals surface area contributed by atoms with Gasteiger partial charge in [-0.15, -0.1) is 0 Å². The lowest BCUT2D eigenvalue weighted by Gasteiger charge is -1.98. The van der Waals surface area contributed by atoms with Gasteiger partial charge >= 0.3 is 11.9 Å². The van der Waals surface area contributed by atoms with E-state index in [4.69, 9.17) is 0 Å². The number of alkyl halides is 3. The van der Waals surface area contributed by atoms with E-state index in [9.17, 15) is 22.8 Å². The number of aromatic amines is 3. The summed E-state index contributed by atoms with van der Waals surface area (Å²) in [4.78, 5) is 30.3. The van der Waals surface area contributed by atoms with Gasteiger partial charge in [-0.05, 0) is 0 Å². The van der Waals surface area contributed by atoms with E-state index in [0.29, 0.717) is 0 Å². The van der Waals surface area contributed by atoms with Gasteiger partial charge in [-0.3, -0.25) is 14.8 Å². The first-order valence-electron chi connectivity index (χ1n) is 3.67. The van der Waals surface area contributed by atoms with Crippen molar-refractivity contribution in [2.45, 2.75) is 6.18 Å². The lowest BCUT2D eigenvalue weighted by molar-refractivity contribution is -0.144. The highest BCUT2D eigenvalue weighted by molar-refractivity contribution is 5.68. The van der Waals surface area contributed by atoms with E-state index in [1.807, 2.05) is 4.98 Å². The van der Waals surface area contributed by atoms with Crippen molar-refractivity contribution in [1.29, 1.82) is 0 Å². The fourth-order valence-electron chi connectivity index (χ4n) is 1.07. The van der Waals surface area contributed by atoms with Gasteiger partial charge < -0.3 is 4.98 Å². The van der Waals surface area contributed by atoms with Crippen LogP contribution in [0.5, 0.6) is 0 Å². The van der Waals surface area contributed by atoms with Crippen LogP contribution in [0, 0.1) is 0 Å². The molecule has 9 heteroatoms. The third-order valence-corrected chi connectivity index (χ3v) is 1.65. The number of hydrogen-bond acceptors (Lipinski definition) is 3. The molecule has 0 saturated carbocycles. The highest BCUT2D eigenvalue weighted by Crippen LogP contribution is 2.26. The van der Waals surface area contributed by atoms with Crippen molar-refractivity contribution in [2.75, 3.05) is 0 Å². The lowest BCUT2D eigenvalue weighted by Crippen LogP contribution is -2.21. The predicted octanol–water partition coefficient (Wildman–Crippen LogP) is -0.0417. The van der Waals surface area contributed by atoms with Crippen LogP contribution in [0.15, 0.2) is 9.59 Å². The number of fused-ring (bicyclic) bond motifs is 1. The minimum absolute atomic E-state index is 0.351. The first-order chi connectivity index (χ1) is 6.88. The number of nitrogens with zero attached hydrogens (tertiary/aromatic N) is 1. The molecule has 6 nitrogen and oxygen atoms in total. The van der Waals surface area contributed by atoms with E-state index in [0.717, 1.165) is 0 Å². The lowest BCUT2D eigenvalue weighted by atomic mass is 10.5. The summed E-state index contributed by atoms with van der Waals surface area (Å²) in [6, 6.07) is 0. The largest absolute Gasteiger partial charge is 0.449 e. The molecule has 2 rings (SSSR count). The summed E-state index contributed by atoms with van der Waals surface area (Å²) in [7, 11) is 0. The Morgan fingerprint density at radius 2 is 1.73 bits per heavy atom. The average Bonchev–Trinajstić information content (AvgIpc) is 2.46. The second kappa shape index (κ2) is 2.72. The summed E-state index contributed by atoms with van der Waals surface area (Å²) in [5.74, 6) is -1.33. The number of hydrogen-bond donors (Lipinski definition) is 3. The van der Waals surface area contributed by atoms with E-state index in [2.05, 4.69) is 4.98 Å². The number of aromatic nitrogens is 4. The Bertz CT molecular complexity index is 620. The molecule has 0 aliphatic carbocycles. The molecule has 0 amide bonds. The Morgan fingerprint density at radius 1 is 1.07 bits per heavy atom. The van der Waals surface area contributed by atoms with Gasteiger partial charge in [-0.1, -0.05) is 0 Å². The molecule has 0 bridgehead atoms. The van der Waals surface area contributed by atoms with E-state index in [-0.39, 0.29) is 5.65 Å². The molecule has 0 spiro atoms. The van der Waals surface area contributed by atoms with Gasteiger partial charge in [0.1, 0.15) is 5.65 Å². The maximum atomic E-state index is 12.2. The maximum Gasteiger partial charge on any atom is 0.449 e. The molecule has 0 aliphatic rings. The highest BCUT2D eigenvalue weighted by Gasteiger charge is 2.35. The van der Waals surface area contributed by atoms with Crippen LogP contribution < -0.4 is 11.2 Å². The third-order valence-electron chi connectivity index (χ3n) is 1.65. The van der Waals surface area contributed by atoms with E-state index in [1.54, 1.807) is 9.97 Å². The minimum Gasteiger partial charge on any atom is -0.320 e. The van der Waals surface area contributed by atoms with Crippen LogP contribution in [-0.4, -0.2) is 19.9 Å². The first kappa shape index (κ1) is 9.49. The van der Waals surface area contributed by atoms with Gasteiger partial charge in [0, 0.05) is 0 Å². The molecule has 0 aromatic carbocycles. The maximum absolute atomic E-state index is 12.2. The second-order valence-corrected chi connectivity index (χ2v) is 2.72. The molecular weight excluding hydrogens is 217 g/mol. The van der Waals surface area contributed by atoms with E-state index >= 15 is 0 Å². The first-order valence-corrected chi connectivity index (χ1v) is 3.67. The van der Waals surface area contributed by atoms with E-state index < -0.39 is 28.8 Å². The SMILES string of the molecule is O=c1[nH]c(=O)c2nc(C(F)(F)F)[nH]c2[nH]1. The van der Waals surface area contributed by atoms with Crippen molar-refractivity contribution in [3.63, 3.8) is 0 Å². The van der Waals surface area contributed by atoms with Crippen molar-refractivity contribution in [2.24, 2.45) is 0 Å². The third kappa shape index (κ3) is 1.51. The number of H-pyrrole nitrogens is 3. The van der Waals surface area contributed by atoms with Gasteiger partial charge in [0.25, 0.3) is 5.56 Å². The zero-order chi connectivity index (χ0) is 11.2. The van der Waals surface area contributed by atoms with E-state index in [1.165, 1.54) is 0 Å². The highest BCUT2D eigenvalue weighted by atomic mass is 19.4. The van der Waals surface area contributed by atoms with Crippen LogP contribution in [-0.2, 0) is 6.18 Å². The minimum atomic E-state index is -4.69. The van der Waals surface area contributed by atoms with Crippen LogP contribution in [0.2, 0.25) is 0 Å². The van der Waals surface area contributed by atoms with Gasteiger partial charge in [-0.25, -0.2) is 9.78 Å². The normalized spacial score (nSPS) is 12.2. The number of nitrogens with one attached hydrogen (secondary N) is 3. The topological polar surface area (TPSA) is 94.4 Å². The van der Waals surface area contributed by atoms with Crippen LogP contribution >= 0.6 is 0 Å². The summed E-state index contributed by atoms with van der Waals surface area (Å²) >= 11 is 0. The summed E-state index contributed by atoms with van der Waals surface area (Å²) < 4.78 is 36.5. The Kier molecular flexibility index (Phi) is 1.72. The van der Waals surface area contributed by atoms with Crippen LogP contribution in [0.25, 0.3) is 11.2 Å². The Balaban J connectivity index is 2.83. The van der Waals surface area contributed by atoms with Gasteiger partial charge in [0.15, 0.2) is 5.52 Å². The summed E-state index contributed by atoms with van der Waals surface area (Å²) in [6.07, 6.45) is -4.69. The van der Waals surface area contributed by atoms with Gasteiger partial charge in [-0.2, -0.15) is 13.2 Å². The number of rotatable bonds is 0. The molecule has 0 fully saturated rings. The quantitative estimate of drug-likeness (QED) is 0.581. The Morgan fingerprint density at radius 3 is 2.33 bits per heavy atom. The fourth-order valence-corrected chi connectivity index (χ4v) is 1.07. The fraction of sp³-hybridized carbons (Fsp3) is 0.167. The zero-order valence-electron chi connectivity index (χ0n) is 6.90. The van der Waals surface area contributed by atoms with Crippen molar-refractivity contribution in [3.8, 4) is 0 Å². The molecule has 0 radical (unpaired) electrons. The Labute approximate surface area is 78.2 Å². The second-order valence-electron chi connectivity index (χ2n) is 2.72. The standard InChI is InChI=1S/C6H3F3N4O2/c7-6(8,9)4-10-1-2(11-4)12-5(15)13-3(1)14/h(H3,10,11,12,13,14,15). The zero-order valence-corrected chi connectivity index (χ0v) is 6.90. The summed E-state index contributed by atoms with van der Waals surface area (Å²) in [6.45, 7) is 0. The molecule has 2 aromatic heterocycles. The smallest absolute Gasteiger partial charge is 0.320 e. The van der Waals surface area contributed by atoms with Crippen LogP contribution in [0.1, 0.15) is 5.82 Å². The molecule has 2 heterocycles. The van der Waals surface area contributed by atoms with Crippen LogP contribution in [0.4, 0.5) is 13.2 Å². The van der Waals surface area contributed by atoms with Crippen molar-refractivity contribution in [3.05, 3.63) is 26.7 Å². The molecule has 0 saturated heterocycles. The molecule has 3 N–H and O–H groups in total. The molecule has 2 aromatic rings. The van der Waals surface area contributed by atoms with Crippen molar-refractivity contribution < 1.29 is 13.2 Å². The van der Waals surface area contributed by atoms with Crippen molar-refractivity contribution >= 4 is 11.2 Å². The molecule has 0 atom stereocenters. The molecule has 80 valence electrons. The van der Waals surface area contributed by atoms with Gasteiger partial charge in [0.2, 0.25) is 5.82 Å². The number of halogens is 3. The summed E-state index contributed by atoms with van der Waals surface area (Å²) in [5.41, 5.74) is -2.71. The van der Waals surface area contributed by atoms with Gasteiger partial charge in [0.05, 0.1) is 0 Å². The predicted molar refractivity (Wildman–Crippen MR) is 42.3 cm³/mol.